The standard InChI is InChI=1S/C15H19ClN2/c1-2-12-18-14-9-6-5-8-13(14)17-15(18)10-4-3-7-11-16/h3-6,8-9H,2,7,10-12H2,1H3. The van der Waals surface area contributed by atoms with Gasteiger partial charge in [0.2, 0.25) is 0 Å². The zero-order valence-electron chi connectivity index (χ0n) is 10.8. The van der Waals surface area contributed by atoms with Gasteiger partial charge in [-0.05, 0) is 25.0 Å². The molecule has 0 fully saturated rings. The summed E-state index contributed by atoms with van der Waals surface area (Å²) in [4.78, 5) is 4.71. The lowest BCUT2D eigenvalue weighted by molar-refractivity contribution is 0.666. The van der Waals surface area contributed by atoms with Gasteiger partial charge in [0.15, 0.2) is 0 Å². The summed E-state index contributed by atoms with van der Waals surface area (Å²) in [6, 6.07) is 8.33. The van der Waals surface area contributed by atoms with Crippen LogP contribution in [0.2, 0.25) is 0 Å². The molecule has 0 aliphatic carbocycles. The first-order valence-electron chi connectivity index (χ1n) is 6.52. The van der Waals surface area contributed by atoms with Crippen molar-refractivity contribution in [3.05, 3.63) is 42.2 Å². The third kappa shape index (κ3) is 2.94. The molecule has 18 heavy (non-hydrogen) atoms. The van der Waals surface area contributed by atoms with Gasteiger partial charge in [0.05, 0.1) is 11.0 Å². The van der Waals surface area contributed by atoms with Crippen LogP contribution in [-0.2, 0) is 13.0 Å². The van der Waals surface area contributed by atoms with Crippen LogP contribution < -0.4 is 0 Å². The number of hydrogen-bond acceptors (Lipinski definition) is 1. The Hall–Kier alpha value is -1.28. The van der Waals surface area contributed by atoms with Crippen molar-refractivity contribution in [2.45, 2.75) is 32.7 Å². The highest BCUT2D eigenvalue weighted by molar-refractivity contribution is 6.17. The van der Waals surface area contributed by atoms with Gasteiger partial charge < -0.3 is 4.57 Å². The number of para-hydroxylation sites is 2. The molecular weight excluding hydrogens is 244 g/mol. The largest absolute Gasteiger partial charge is 0.328 e. The average molecular weight is 263 g/mol. The molecule has 1 aromatic carbocycles. The van der Waals surface area contributed by atoms with E-state index in [1.807, 2.05) is 6.07 Å². The number of benzene rings is 1. The van der Waals surface area contributed by atoms with E-state index in [4.69, 9.17) is 16.6 Å². The number of halogens is 1. The van der Waals surface area contributed by atoms with Gasteiger partial charge in [-0.3, -0.25) is 0 Å². The number of aryl methyl sites for hydroxylation is 1. The molecule has 96 valence electrons. The molecule has 0 amide bonds. The first kappa shape index (κ1) is 13.2. The van der Waals surface area contributed by atoms with Crippen LogP contribution in [-0.4, -0.2) is 15.4 Å². The summed E-state index contributed by atoms with van der Waals surface area (Å²) >= 11 is 5.66. The highest BCUT2D eigenvalue weighted by Gasteiger charge is 2.07. The van der Waals surface area contributed by atoms with Crippen molar-refractivity contribution in [3.63, 3.8) is 0 Å². The number of imidazole rings is 1. The number of hydrogen-bond donors (Lipinski definition) is 0. The Balaban J connectivity index is 2.27. The molecule has 2 aromatic rings. The van der Waals surface area contributed by atoms with Crippen molar-refractivity contribution in [1.82, 2.24) is 9.55 Å². The van der Waals surface area contributed by atoms with Crippen LogP contribution in [0.4, 0.5) is 0 Å². The van der Waals surface area contributed by atoms with Crippen molar-refractivity contribution < 1.29 is 0 Å². The number of alkyl halides is 1. The highest BCUT2D eigenvalue weighted by atomic mass is 35.5. The van der Waals surface area contributed by atoms with Crippen LogP contribution in [0.15, 0.2) is 36.4 Å². The predicted octanol–water partition coefficient (Wildman–Crippen LogP) is 4.17. The Morgan fingerprint density at radius 1 is 1.28 bits per heavy atom. The van der Waals surface area contributed by atoms with E-state index in [0.717, 1.165) is 37.1 Å². The maximum atomic E-state index is 5.66. The van der Waals surface area contributed by atoms with E-state index >= 15 is 0 Å². The van der Waals surface area contributed by atoms with Crippen molar-refractivity contribution >= 4 is 22.6 Å². The molecule has 0 spiro atoms. The van der Waals surface area contributed by atoms with Crippen LogP contribution in [0.3, 0.4) is 0 Å². The lowest BCUT2D eigenvalue weighted by Gasteiger charge is -2.05. The zero-order chi connectivity index (χ0) is 12.8. The molecule has 0 bridgehead atoms. The molecule has 3 heteroatoms. The molecule has 0 saturated heterocycles. The quantitative estimate of drug-likeness (QED) is 0.564. The fourth-order valence-electron chi connectivity index (χ4n) is 2.12. The van der Waals surface area contributed by atoms with Crippen LogP contribution >= 0.6 is 11.6 Å². The van der Waals surface area contributed by atoms with Gasteiger partial charge in [0.25, 0.3) is 0 Å². The van der Waals surface area contributed by atoms with E-state index < -0.39 is 0 Å². The van der Waals surface area contributed by atoms with E-state index in [9.17, 15) is 0 Å². The predicted molar refractivity (Wildman–Crippen MR) is 78.2 cm³/mol. The van der Waals surface area contributed by atoms with Crippen molar-refractivity contribution in [2.75, 3.05) is 5.88 Å². The smallest absolute Gasteiger partial charge is 0.113 e. The van der Waals surface area contributed by atoms with Gasteiger partial charge >= 0.3 is 0 Å². The second-order valence-corrected chi connectivity index (χ2v) is 4.70. The minimum absolute atomic E-state index is 0.682. The van der Waals surface area contributed by atoms with E-state index in [1.165, 1.54) is 5.52 Å². The summed E-state index contributed by atoms with van der Waals surface area (Å²) in [6.45, 7) is 3.22. The zero-order valence-corrected chi connectivity index (χ0v) is 11.5. The lowest BCUT2D eigenvalue weighted by Crippen LogP contribution is -2.02. The molecule has 1 heterocycles. The fourth-order valence-corrected chi connectivity index (χ4v) is 2.25. The summed E-state index contributed by atoms with van der Waals surface area (Å²) in [6.07, 6.45) is 7.22. The first-order valence-corrected chi connectivity index (χ1v) is 7.05. The molecule has 2 nitrogen and oxygen atoms in total. The van der Waals surface area contributed by atoms with Crippen molar-refractivity contribution in [2.24, 2.45) is 0 Å². The Morgan fingerprint density at radius 3 is 2.89 bits per heavy atom. The van der Waals surface area contributed by atoms with E-state index in [2.05, 4.69) is 41.8 Å². The summed E-state index contributed by atoms with van der Waals surface area (Å²) < 4.78 is 2.32. The minimum atomic E-state index is 0.682. The summed E-state index contributed by atoms with van der Waals surface area (Å²) in [5, 5.41) is 0. The van der Waals surface area contributed by atoms with Crippen LogP contribution in [0, 0.1) is 0 Å². The molecule has 2 rings (SSSR count). The number of aromatic nitrogens is 2. The Morgan fingerprint density at radius 2 is 2.11 bits per heavy atom. The van der Waals surface area contributed by atoms with E-state index in [1.54, 1.807) is 0 Å². The number of rotatable bonds is 6. The van der Waals surface area contributed by atoms with Gasteiger partial charge in [0.1, 0.15) is 5.82 Å². The van der Waals surface area contributed by atoms with Gasteiger partial charge in [-0.2, -0.15) is 0 Å². The van der Waals surface area contributed by atoms with Crippen molar-refractivity contribution in [1.29, 1.82) is 0 Å². The van der Waals surface area contributed by atoms with Crippen molar-refractivity contribution in [3.8, 4) is 0 Å². The number of fused-ring (bicyclic) bond motifs is 1. The molecule has 0 saturated carbocycles. The van der Waals surface area contributed by atoms with Gasteiger partial charge in [-0.15, -0.1) is 11.6 Å². The average Bonchev–Trinajstić information content (AvgIpc) is 2.74. The van der Waals surface area contributed by atoms with Crippen LogP contribution in [0.5, 0.6) is 0 Å². The summed E-state index contributed by atoms with van der Waals surface area (Å²) in [5.74, 6) is 1.82. The molecule has 0 aliphatic rings. The number of nitrogens with zero attached hydrogens (tertiary/aromatic N) is 2. The third-order valence-electron chi connectivity index (χ3n) is 2.92. The minimum Gasteiger partial charge on any atom is -0.328 e. The maximum Gasteiger partial charge on any atom is 0.113 e. The molecular formula is C15H19ClN2. The Labute approximate surface area is 113 Å². The number of allylic oxidation sites excluding steroid dienone is 2. The van der Waals surface area contributed by atoms with Crippen LogP contribution in [0.1, 0.15) is 25.6 Å². The lowest BCUT2D eigenvalue weighted by atomic mass is 10.3. The molecule has 0 N–H and O–H groups in total. The SMILES string of the molecule is CCCn1c(CC=CCCCl)nc2ccccc21. The van der Waals surface area contributed by atoms with E-state index in [0.29, 0.717) is 5.88 Å². The second kappa shape index (κ2) is 6.60. The molecule has 0 unspecified atom stereocenters. The van der Waals surface area contributed by atoms with Crippen LogP contribution in [0.25, 0.3) is 11.0 Å². The third-order valence-corrected chi connectivity index (χ3v) is 3.14. The molecule has 0 radical (unpaired) electrons. The first-order chi connectivity index (χ1) is 8.86. The highest BCUT2D eigenvalue weighted by Crippen LogP contribution is 2.17. The van der Waals surface area contributed by atoms with Gasteiger partial charge in [0, 0.05) is 18.8 Å². The Bertz CT molecular complexity index is 528. The second-order valence-electron chi connectivity index (χ2n) is 4.32. The normalized spacial score (nSPS) is 11.7. The Kier molecular flexibility index (Phi) is 4.82. The van der Waals surface area contributed by atoms with Gasteiger partial charge in [-0.25, -0.2) is 4.98 Å². The molecule has 0 atom stereocenters. The summed E-state index contributed by atoms with van der Waals surface area (Å²) in [5.41, 5.74) is 2.33. The molecule has 0 aliphatic heterocycles. The maximum absolute atomic E-state index is 5.66. The topological polar surface area (TPSA) is 17.8 Å². The molecule has 1 aromatic heterocycles. The van der Waals surface area contributed by atoms with Gasteiger partial charge in [-0.1, -0.05) is 31.2 Å². The van der Waals surface area contributed by atoms with E-state index in [-0.39, 0.29) is 0 Å². The summed E-state index contributed by atoms with van der Waals surface area (Å²) in [7, 11) is 0. The monoisotopic (exact) mass is 262 g/mol. The fraction of sp³-hybridized carbons (Fsp3) is 0.400.